The van der Waals surface area contributed by atoms with E-state index in [4.69, 9.17) is 15.2 Å². The van der Waals surface area contributed by atoms with Gasteiger partial charge in [0.15, 0.2) is 0 Å². The molecule has 0 fully saturated rings. The van der Waals surface area contributed by atoms with E-state index >= 15 is 0 Å². The van der Waals surface area contributed by atoms with Crippen molar-refractivity contribution in [2.45, 2.75) is 66.3 Å². The van der Waals surface area contributed by atoms with E-state index in [0.29, 0.717) is 46.9 Å². The standard InChI is InChI=1S/C26H25F2N5O3.C19H18FN3O4.C7H9FN2/c1-17-9-10-29-22(25(17)28)11-30-26(35)21-15-33(31-23(21)16-36-2)13-19-5-3-18(4-6-19)12-32-14-20(27)7-8-24(32)34;1-27-12-17-16(19(25)26)11-23(21-17)9-14-4-2-13(3-5-14)8-22-10-15(20)6-7-18(22)24;1-5-2-3-10-6(4-9)7(5)8/h3-10,14-15H,11-13,16H2,1-2H3,(H,30,35);2-7,10-11H,8-9,12H2,1H3,(H,25,26);2-3H,4,9H2,1H3. The summed E-state index contributed by atoms with van der Waals surface area (Å²) in [4.78, 5) is 55.5. The number of aryl methyl sites for hydroxylation is 2. The molecule has 0 saturated carbocycles. The fourth-order valence-corrected chi connectivity index (χ4v) is 7.18. The highest BCUT2D eigenvalue weighted by Crippen LogP contribution is 2.16. The van der Waals surface area contributed by atoms with Crippen molar-refractivity contribution in [3.63, 3.8) is 0 Å². The number of carboxylic acid groups (broad SMARTS) is 1. The molecule has 17 nitrogen and oxygen atoms in total. The number of hydrogen-bond acceptors (Lipinski definition) is 11. The lowest BCUT2D eigenvalue weighted by Gasteiger charge is -2.07. The Morgan fingerprint density at radius 3 is 1.41 bits per heavy atom. The first-order valence-corrected chi connectivity index (χ1v) is 22.4. The van der Waals surface area contributed by atoms with Gasteiger partial charge in [0.2, 0.25) is 0 Å². The number of nitrogens with one attached hydrogen (secondary N) is 1. The maximum atomic E-state index is 14.2. The van der Waals surface area contributed by atoms with Crippen LogP contribution in [0.25, 0.3) is 0 Å². The second kappa shape index (κ2) is 25.6. The quantitative estimate of drug-likeness (QED) is 0.0856. The van der Waals surface area contributed by atoms with Gasteiger partial charge in [-0.3, -0.25) is 33.7 Å². The molecule has 0 aliphatic heterocycles. The Balaban J connectivity index is 0.000000205. The van der Waals surface area contributed by atoms with Crippen LogP contribution in [0.5, 0.6) is 0 Å². The minimum absolute atomic E-state index is 0.0557. The molecular weight excluding hydrogens is 953 g/mol. The molecule has 0 spiro atoms. The second-order valence-electron chi connectivity index (χ2n) is 16.5. The van der Waals surface area contributed by atoms with Crippen molar-refractivity contribution in [2.75, 3.05) is 14.2 Å². The number of nitrogens with two attached hydrogens (primary N) is 1. The minimum atomic E-state index is -1.05. The van der Waals surface area contributed by atoms with E-state index in [2.05, 4.69) is 25.5 Å². The number of rotatable bonds is 17. The molecule has 8 rings (SSSR count). The normalized spacial score (nSPS) is 10.8. The molecule has 4 N–H and O–H groups in total. The molecule has 0 atom stereocenters. The fraction of sp³-hybridized carbons (Fsp3) is 0.231. The molecule has 73 heavy (non-hydrogen) atoms. The minimum Gasteiger partial charge on any atom is -0.478 e. The summed E-state index contributed by atoms with van der Waals surface area (Å²) in [6.45, 7) is 4.98. The molecule has 21 heteroatoms. The van der Waals surface area contributed by atoms with Crippen LogP contribution in [0.2, 0.25) is 0 Å². The maximum absolute atomic E-state index is 14.2. The molecule has 0 aliphatic carbocycles. The third-order valence-corrected chi connectivity index (χ3v) is 11.0. The SMILES string of the molecule is COCc1nn(Cc2ccc(Cn3cc(F)ccc3=O)cc2)cc1C(=O)NCc1nccc(C)c1F.COCc1nn(Cc2ccc(Cn3cc(F)ccc3=O)cc2)cc1C(=O)O.Cc1ccnc(CN)c1F. The fourth-order valence-electron chi connectivity index (χ4n) is 7.18. The largest absolute Gasteiger partial charge is 0.478 e. The van der Waals surface area contributed by atoms with Crippen molar-refractivity contribution >= 4 is 11.9 Å². The number of methoxy groups -OCH3 is 2. The van der Waals surface area contributed by atoms with E-state index in [9.17, 15) is 41.8 Å². The Labute approximate surface area is 416 Å². The van der Waals surface area contributed by atoms with Crippen LogP contribution in [0.1, 0.15) is 76.9 Å². The lowest BCUT2D eigenvalue weighted by molar-refractivity contribution is 0.0691. The first-order chi connectivity index (χ1) is 35.0. The number of carbonyl (C=O) groups is 2. The van der Waals surface area contributed by atoms with Crippen LogP contribution in [-0.4, -0.2) is 69.9 Å². The average molecular weight is 1010 g/mol. The van der Waals surface area contributed by atoms with Crippen LogP contribution in [-0.2, 0) is 62.0 Å². The number of amides is 1. The predicted molar refractivity (Wildman–Crippen MR) is 260 cm³/mol. The zero-order valence-corrected chi connectivity index (χ0v) is 40.3. The summed E-state index contributed by atoms with van der Waals surface area (Å²) in [6.07, 6.45) is 8.48. The Morgan fingerprint density at radius 1 is 0.575 bits per heavy atom. The molecule has 0 bridgehead atoms. The molecule has 6 heterocycles. The van der Waals surface area contributed by atoms with Gasteiger partial charge in [0, 0.05) is 70.1 Å². The van der Waals surface area contributed by atoms with E-state index in [1.54, 1.807) is 47.7 Å². The van der Waals surface area contributed by atoms with Gasteiger partial charge in [-0.25, -0.2) is 22.4 Å². The Morgan fingerprint density at radius 2 is 0.986 bits per heavy atom. The van der Waals surface area contributed by atoms with Gasteiger partial charge in [-0.2, -0.15) is 10.2 Å². The summed E-state index contributed by atoms with van der Waals surface area (Å²) >= 11 is 0. The third-order valence-electron chi connectivity index (χ3n) is 11.0. The summed E-state index contributed by atoms with van der Waals surface area (Å²) in [5.74, 6) is -3.14. The summed E-state index contributed by atoms with van der Waals surface area (Å²) in [6, 6.07) is 22.7. The van der Waals surface area contributed by atoms with Gasteiger partial charge < -0.3 is 34.8 Å². The lowest BCUT2D eigenvalue weighted by atomic mass is 10.1. The van der Waals surface area contributed by atoms with Crippen molar-refractivity contribution in [1.82, 2.24) is 44.0 Å². The van der Waals surface area contributed by atoms with E-state index in [0.717, 1.165) is 34.4 Å². The van der Waals surface area contributed by atoms with Crippen molar-refractivity contribution < 1.29 is 41.7 Å². The number of benzene rings is 2. The van der Waals surface area contributed by atoms with Gasteiger partial charge in [0.25, 0.3) is 17.0 Å². The number of carbonyl (C=O) groups excluding carboxylic acids is 1. The molecule has 1 amide bonds. The van der Waals surface area contributed by atoms with Gasteiger partial charge in [-0.1, -0.05) is 48.5 Å². The summed E-state index contributed by atoms with van der Waals surface area (Å²) in [5.41, 5.74) is 11.0. The van der Waals surface area contributed by atoms with Crippen LogP contribution in [0.4, 0.5) is 17.6 Å². The Bertz CT molecular complexity index is 3280. The molecule has 6 aromatic heterocycles. The number of halogens is 4. The van der Waals surface area contributed by atoms with Crippen LogP contribution in [0, 0.1) is 37.1 Å². The van der Waals surface area contributed by atoms with E-state index in [1.807, 2.05) is 48.5 Å². The first kappa shape index (κ1) is 53.9. The highest BCUT2D eigenvalue weighted by atomic mass is 19.1. The van der Waals surface area contributed by atoms with Crippen LogP contribution in [0.3, 0.4) is 0 Å². The number of ether oxygens (including phenoxy) is 2. The molecule has 8 aromatic rings. The number of hydrogen-bond donors (Lipinski definition) is 3. The van der Waals surface area contributed by atoms with E-state index < -0.39 is 29.3 Å². The first-order valence-electron chi connectivity index (χ1n) is 22.4. The average Bonchev–Trinajstić information content (AvgIpc) is 3.97. The molecule has 2 aromatic carbocycles. The number of pyridine rings is 4. The molecule has 0 saturated heterocycles. The Kier molecular flexibility index (Phi) is 18.9. The second-order valence-corrected chi connectivity index (χ2v) is 16.5. The van der Waals surface area contributed by atoms with Gasteiger partial charge >= 0.3 is 5.97 Å². The third kappa shape index (κ3) is 15.1. The summed E-state index contributed by atoms with van der Waals surface area (Å²) < 4.78 is 69.7. The van der Waals surface area contributed by atoms with Crippen molar-refractivity contribution in [2.24, 2.45) is 5.73 Å². The molecular formula is C52H52F4N10O7. The number of nitrogens with zero attached hydrogens (tertiary/aromatic N) is 8. The van der Waals surface area contributed by atoms with Crippen molar-refractivity contribution in [3.05, 3.63) is 233 Å². The van der Waals surface area contributed by atoms with E-state index in [-0.39, 0.29) is 67.6 Å². The summed E-state index contributed by atoms with van der Waals surface area (Å²) in [5, 5.41) is 20.6. The lowest BCUT2D eigenvalue weighted by Crippen LogP contribution is -2.24. The molecule has 0 aliphatic rings. The van der Waals surface area contributed by atoms with Gasteiger partial charge in [-0.15, -0.1) is 0 Å². The monoisotopic (exact) mass is 1000 g/mol. The highest BCUT2D eigenvalue weighted by molar-refractivity contribution is 5.95. The topological polar surface area (TPSA) is 216 Å². The smallest absolute Gasteiger partial charge is 0.339 e. The maximum Gasteiger partial charge on any atom is 0.339 e. The summed E-state index contributed by atoms with van der Waals surface area (Å²) in [7, 11) is 2.99. The molecule has 0 radical (unpaired) electrons. The number of aromatic nitrogens is 8. The predicted octanol–water partition coefficient (Wildman–Crippen LogP) is 6.31. The van der Waals surface area contributed by atoms with Crippen molar-refractivity contribution in [3.8, 4) is 0 Å². The van der Waals surface area contributed by atoms with Crippen LogP contribution < -0.4 is 22.2 Å². The van der Waals surface area contributed by atoms with Gasteiger partial charge in [-0.05, 0) is 71.5 Å². The Hall–Kier alpha value is -8.40. The zero-order valence-electron chi connectivity index (χ0n) is 40.3. The zero-order chi connectivity index (χ0) is 52.6. The van der Waals surface area contributed by atoms with Crippen molar-refractivity contribution in [1.29, 1.82) is 0 Å². The van der Waals surface area contributed by atoms with Crippen LogP contribution >= 0.6 is 0 Å². The van der Waals surface area contributed by atoms with Crippen LogP contribution in [0.15, 0.2) is 132 Å². The molecule has 0 unspecified atom stereocenters. The highest BCUT2D eigenvalue weighted by Gasteiger charge is 2.19. The molecule has 380 valence electrons. The van der Waals surface area contributed by atoms with Gasteiger partial charge in [0.05, 0.1) is 62.9 Å². The number of aromatic carboxylic acids is 1. The number of carboxylic acids is 1. The van der Waals surface area contributed by atoms with Gasteiger partial charge in [0.1, 0.15) is 40.2 Å². The van der Waals surface area contributed by atoms with E-state index in [1.165, 1.54) is 60.3 Å².